The van der Waals surface area contributed by atoms with Gasteiger partial charge in [-0.3, -0.25) is 0 Å². The summed E-state index contributed by atoms with van der Waals surface area (Å²) < 4.78 is 2.40. The van der Waals surface area contributed by atoms with E-state index in [4.69, 9.17) is 0 Å². The number of hydrogen-bond acceptors (Lipinski definition) is 0. The summed E-state index contributed by atoms with van der Waals surface area (Å²) in [4.78, 5) is 0. The van der Waals surface area contributed by atoms with Crippen LogP contribution in [-0.4, -0.2) is 0 Å². The molecule has 0 spiro atoms. The monoisotopic (exact) mass is 302 g/mol. The van der Waals surface area contributed by atoms with E-state index in [1.807, 2.05) is 18.2 Å². The van der Waals surface area contributed by atoms with Crippen molar-refractivity contribution in [2.75, 3.05) is 0 Å². The molecule has 0 N–H and O–H groups in total. The molecule has 0 heterocycles. The van der Waals surface area contributed by atoms with Crippen LogP contribution in [0.3, 0.4) is 0 Å². The van der Waals surface area contributed by atoms with Gasteiger partial charge in [-0.05, 0) is 27.9 Å². The van der Waals surface area contributed by atoms with Crippen molar-refractivity contribution in [1.82, 2.24) is 0 Å². The zero-order valence-electron chi connectivity index (χ0n) is 7.56. The van der Waals surface area contributed by atoms with Crippen molar-refractivity contribution in [1.29, 1.82) is 0 Å². The van der Waals surface area contributed by atoms with Gasteiger partial charge in [-0.15, -0.1) is 0 Å². The van der Waals surface area contributed by atoms with Gasteiger partial charge in [-0.2, -0.15) is 0 Å². The van der Waals surface area contributed by atoms with E-state index in [-0.39, 0.29) is 0 Å². The van der Waals surface area contributed by atoms with E-state index in [1.165, 1.54) is 10.0 Å². The first-order valence-electron chi connectivity index (χ1n) is 4.35. The average molecular weight is 304 g/mol. The van der Waals surface area contributed by atoms with Gasteiger partial charge in [0.2, 0.25) is 0 Å². The van der Waals surface area contributed by atoms with Crippen LogP contribution in [0.25, 0.3) is 4.48 Å². The van der Waals surface area contributed by atoms with Crippen LogP contribution in [0, 0.1) is 0 Å². The third-order valence-electron chi connectivity index (χ3n) is 1.73. The van der Waals surface area contributed by atoms with Gasteiger partial charge in [0.25, 0.3) is 0 Å². The van der Waals surface area contributed by atoms with Gasteiger partial charge in [-0.25, -0.2) is 0 Å². The van der Waals surface area contributed by atoms with Crippen LogP contribution < -0.4 is 0 Å². The topological polar surface area (TPSA) is 0 Å². The molecule has 0 atom stereocenters. The third kappa shape index (κ3) is 3.28. The molecule has 0 aliphatic carbocycles. The molecule has 0 bridgehead atoms. The van der Waals surface area contributed by atoms with Crippen LogP contribution in [-0.2, 0) is 0 Å². The summed E-state index contributed by atoms with van der Waals surface area (Å²) in [5.74, 6) is 0. The molecule has 0 radical (unpaired) electrons. The largest absolute Gasteiger partial charge is 0.0650 e. The Labute approximate surface area is 96.3 Å². The van der Waals surface area contributed by atoms with Crippen LogP contribution >= 0.6 is 31.9 Å². The quantitative estimate of drug-likeness (QED) is 0.741. The summed E-state index contributed by atoms with van der Waals surface area (Å²) in [7, 11) is 0. The second kappa shape index (κ2) is 5.61. The number of rotatable bonds is 3. The number of halogens is 2. The number of benzene rings is 1. The Bertz CT molecular complexity index is 288. The molecule has 0 nitrogen and oxygen atoms in total. The molecule has 1 aromatic rings. The van der Waals surface area contributed by atoms with Gasteiger partial charge >= 0.3 is 0 Å². The van der Waals surface area contributed by atoms with E-state index in [1.54, 1.807) is 0 Å². The van der Waals surface area contributed by atoms with E-state index in [9.17, 15) is 0 Å². The normalized spacial score (nSPS) is 12.5. The lowest BCUT2D eigenvalue weighted by Gasteiger charge is -2.03. The van der Waals surface area contributed by atoms with Gasteiger partial charge in [0.1, 0.15) is 0 Å². The van der Waals surface area contributed by atoms with Gasteiger partial charge in [-0.1, -0.05) is 59.6 Å². The minimum atomic E-state index is 1.08. The molecule has 0 amide bonds. The molecule has 70 valence electrons. The lowest BCUT2D eigenvalue weighted by molar-refractivity contribution is 0.954. The second-order valence-corrected chi connectivity index (χ2v) is 4.59. The minimum absolute atomic E-state index is 1.08. The highest BCUT2D eigenvalue weighted by atomic mass is 79.9. The molecular formula is C11H12Br2. The highest BCUT2D eigenvalue weighted by Crippen LogP contribution is 2.30. The summed E-state index contributed by atoms with van der Waals surface area (Å²) in [6, 6.07) is 10.3. The Morgan fingerprint density at radius 3 is 2.31 bits per heavy atom. The standard InChI is InChI=1S/C11H12Br2/c1-2-6-10(12)11(13)9-7-4-3-5-8-9/h3-5,7-8H,2,6H2,1H3/b11-10+. The van der Waals surface area contributed by atoms with Crippen molar-refractivity contribution in [3.63, 3.8) is 0 Å². The van der Waals surface area contributed by atoms with Gasteiger partial charge in [0.15, 0.2) is 0 Å². The molecule has 0 aliphatic rings. The molecule has 0 saturated heterocycles. The Morgan fingerprint density at radius 2 is 1.77 bits per heavy atom. The highest BCUT2D eigenvalue weighted by molar-refractivity contribution is 9.16. The maximum atomic E-state index is 3.59. The molecule has 0 unspecified atom stereocenters. The van der Waals surface area contributed by atoms with Crippen LogP contribution in [0.15, 0.2) is 34.8 Å². The molecule has 0 fully saturated rings. The molecule has 0 aromatic heterocycles. The third-order valence-corrected chi connectivity index (χ3v) is 4.00. The Balaban J connectivity index is 2.89. The van der Waals surface area contributed by atoms with Gasteiger partial charge in [0.05, 0.1) is 0 Å². The van der Waals surface area contributed by atoms with Crippen LogP contribution in [0.2, 0.25) is 0 Å². The zero-order valence-corrected chi connectivity index (χ0v) is 10.7. The van der Waals surface area contributed by atoms with Crippen LogP contribution in [0.1, 0.15) is 25.3 Å². The summed E-state index contributed by atoms with van der Waals surface area (Å²) in [5, 5.41) is 0. The number of allylic oxidation sites excluding steroid dienone is 1. The van der Waals surface area contributed by atoms with Crippen molar-refractivity contribution in [2.24, 2.45) is 0 Å². The van der Waals surface area contributed by atoms with Crippen molar-refractivity contribution in [3.05, 3.63) is 40.4 Å². The molecule has 13 heavy (non-hydrogen) atoms. The summed E-state index contributed by atoms with van der Waals surface area (Å²) in [5.41, 5.74) is 1.22. The highest BCUT2D eigenvalue weighted by Gasteiger charge is 2.01. The van der Waals surface area contributed by atoms with Crippen molar-refractivity contribution < 1.29 is 0 Å². The molecule has 2 heteroatoms. The van der Waals surface area contributed by atoms with Gasteiger partial charge in [0, 0.05) is 8.96 Å². The van der Waals surface area contributed by atoms with Crippen molar-refractivity contribution in [2.45, 2.75) is 19.8 Å². The summed E-state index contributed by atoms with van der Waals surface area (Å²) in [6.45, 7) is 2.17. The minimum Gasteiger partial charge on any atom is -0.0650 e. The van der Waals surface area contributed by atoms with Crippen molar-refractivity contribution in [3.8, 4) is 0 Å². The first-order chi connectivity index (χ1) is 6.25. The van der Waals surface area contributed by atoms with E-state index in [0.717, 1.165) is 17.3 Å². The predicted molar refractivity (Wildman–Crippen MR) is 66.1 cm³/mol. The van der Waals surface area contributed by atoms with E-state index in [2.05, 4.69) is 50.9 Å². The first-order valence-corrected chi connectivity index (χ1v) is 5.94. The average Bonchev–Trinajstić information content (AvgIpc) is 2.18. The van der Waals surface area contributed by atoms with Crippen LogP contribution in [0.5, 0.6) is 0 Å². The maximum absolute atomic E-state index is 3.59. The fraction of sp³-hybridized carbons (Fsp3) is 0.273. The molecule has 1 aromatic carbocycles. The Morgan fingerprint density at radius 1 is 1.15 bits per heavy atom. The molecule has 1 rings (SSSR count). The zero-order chi connectivity index (χ0) is 9.68. The number of hydrogen-bond donors (Lipinski definition) is 0. The Hall–Kier alpha value is -0.0800. The maximum Gasteiger partial charge on any atom is 0.0348 e. The lowest BCUT2D eigenvalue weighted by atomic mass is 10.2. The fourth-order valence-electron chi connectivity index (χ4n) is 1.07. The van der Waals surface area contributed by atoms with E-state index < -0.39 is 0 Å². The van der Waals surface area contributed by atoms with E-state index in [0.29, 0.717) is 0 Å². The fourth-order valence-corrected chi connectivity index (χ4v) is 2.16. The lowest BCUT2D eigenvalue weighted by Crippen LogP contribution is -1.79. The summed E-state index contributed by atoms with van der Waals surface area (Å²) >= 11 is 7.16. The SMILES string of the molecule is CCC/C(Br)=C(\Br)c1ccccc1. The second-order valence-electron chi connectivity index (χ2n) is 2.83. The first kappa shape index (κ1) is 11.0. The predicted octanol–water partition coefficient (Wildman–Crippen LogP) is 4.95. The molecule has 0 aliphatic heterocycles. The summed E-state index contributed by atoms with van der Waals surface area (Å²) in [6.07, 6.45) is 2.23. The smallest absolute Gasteiger partial charge is 0.0348 e. The van der Waals surface area contributed by atoms with Gasteiger partial charge < -0.3 is 0 Å². The van der Waals surface area contributed by atoms with Crippen LogP contribution in [0.4, 0.5) is 0 Å². The Kier molecular flexibility index (Phi) is 4.74. The van der Waals surface area contributed by atoms with Crippen molar-refractivity contribution >= 4 is 36.3 Å². The van der Waals surface area contributed by atoms with E-state index >= 15 is 0 Å². The molecular weight excluding hydrogens is 292 g/mol. The molecule has 0 saturated carbocycles.